The van der Waals surface area contributed by atoms with E-state index < -0.39 is 0 Å². The first-order valence-electron chi connectivity index (χ1n) is 8.46. The predicted molar refractivity (Wildman–Crippen MR) is 95.4 cm³/mol. The lowest BCUT2D eigenvalue weighted by molar-refractivity contribution is -0.137. The summed E-state index contributed by atoms with van der Waals surface area (Å²) in [7, 11) is 0. The largest absolute Gasteiger partial charge is 0.342 e. The van der Waals surface area contributed by atoms with E-state index >= 15 is 0 Å². The molecule has 2 atom stereocenters. The lowest BCUT2D eigenvalue weighted by atomic mass is 10.1. The van der Waals surface area contributed by atoms with E-state index in [1.54, 1.807) is 9.80 Å². The minimum absolute atomic E-state index is 0.0115. The first-order valence-corrected chi connectivity index (χ1v) is 8.84. The number of carbonyl (C=O) groups is 3. The molecule has 2 fully saturated rings. The van der Waals surface area contributed by atoms with Crippen LogP contribution >= 0.6 is 11.6 Å². The number of hydrogen-bond acceptors (Lipinski definition) is 3. The van der Waals surface area contributed by atoms with Gasteiger partial charge < -0.3 is 15.1 Å². The van der Waals surface area contributed by atoms with E-state index in [0.717, 1.165) is 17.5 Å². The smallest absolute Gasteiger partial charge is 0.228 e. The highest BCUT2D eigenvalue weighted by Gasteiger charge is 2.49. The van der Waals surface area contributed by atoms with Crippen LogP contribution in [0.25, 0.3) is 0 Å². The molecule has 1 aromatic carbocycles. The third kappa shape index (κ3) is 3.79. The van der Waals surface area contributed by atoms with Crippen molar-refractivity contribution >= 4 is 35.5 Å². The van der Waals surface area contributed by atoms with Crippen LogP contribution in [-0.2, 0) is 14.4 Å². The molecule has 6 nitrogen and oxygen atoms in total. The van der Waals surface area contributed by atoms with Gasteiger partial charge in [-0.15, -0.1) is 0 Å². The van der Waals surface area contributed by atoms with Crippen LogP contribution in [0.4, 0.5) is 5.69 Å². The van der Waals surface area contributed by atoms with Gasteiger partial charge in [0.25, 0.3) is 0 Å². The van der Waals surface area contributed by atoms with Crippen molar-refractivity contribution in [2.45, 2.75) is 20.3 Å². The van der Waals surface area contributed by atoms with E-state index in [-0.39, 0.29) is 23.7 Å². The van der Waals surface area contributed by atoms with Crippen molar-refractivity contribution in [1.29, 1.82) is 0 Å². The van der Waals surface area contributed by atoms with Gasteiger partial charge in [-0.1, -0.05) is 17.7 Å². The standard InChI is InChI=1S/C18H22ClN3O3/c1-11-7-12(2)16(15(19)8-11)20-17(24)13-9-14(13)18(25)22-5-3-21(10-23)4-6-22/h7-8,10,13-14H,3-6,9H2,1-2H3,(H,20,24). The first-order chi connectivity index (χ1) is 11.9. The zero-order valence-electron chi connectivity index (χ0n) is 14.4. The Balaban J connectivity index is 1.57. The monoisotopic (exact) mass is 363 g/mol. The topological polar surface area (TPSA) is 69.7 Å². The number of hydrogen-bond donors (Lipinski definition) is 1. The third-order valence-corrected chi connectivity index (χ3v) is 5.20. The van der Waals surface area contributed by atoms with Gasteiger partial charge >= 0.3 is 0 Å². The van der Waals surface area contributed by atoms with E-state index in [0.29, 0.717) is 43.3 Å². The van der Waals surface area contributed by atoms with Crippen LogP contribution in [0.2, 0.25) is 5.02 Å². The molecule has 2 unspecified atom stereocenters. The minimum Gasteiger partial charge on any atom is -0.342 e. The molecule has 134 valence electrons. The van der Waals surface area contributed by atoms with E-state index in [1.165, 1.54) is 0 Å². The van der Waals surface area contributed by atoms with Crippen molar-refractivity contribution in [2.24, 2.45) is 11.8 Å². The molecular weight excluding hydrogens is 342 g/mol. The van der Waals surface area contributed by atoms with Crippen LogP contribution in [0.5, 0.6) is 0 Å². The molecule has 0 radical (unpaired) electrons. The zero-order chi connectivity index (χ0) is 18.1. The minimum atomic E-state index is -0.298. The molecule has 3 rings (SSSR count). The Morgan fingerprint density at radius 2 is 1.84 bits per heavy atom. The molecule has 1 aliphatic carbocycles. The second kappa shape index (κ2) is 7.04. The van der Waals surface area contributed by atoms with Crippen molar-refractivity contribution < 1.29 is 14.4 Å². The number of benzene rings is 1. The molecule has 0 spiro atoms. The number of amides is 3. The molecular formula is C18H22ClN3O3. The highest BCUT2D eigenvalue weighted by atomic mass is 35.5. The van der Waals surface area contributed by atoms with Crippen LogP contribution in [0.3, 0.4) is 0 Å². The Hall–Kier alpha value is -2.08. The summed E-state index contributed by atoms with van der Waals surface area (Å²) >= 11 is 6.23. The maximum Gasteiger partial charge on any atom is 0.228 e. The van der Waals surface area contributed by atoms with Gasteiger partial charge in [-0.05, 0) is 37.5 Å². The molecule has 7 heteroatoms. The zero-order valence-corrected chi connectivity index (χ0v) is 15.2. The van der Waals surface area contributed by atoms with Crippen molar-refractivity contribution in [3.63, 3.8) is 0 Å². The predicted octanol–water partition coefficient (Wildman–Crippen LogP) is 1.83. The van der Waals surface area contributed by atoms with Crippen molar-refractivity contribution in [1.82, 2.24) is 9.80 Å². The average Bonchev–Trinajstić information content (AvgIpc) is 3.38. The normalized spacial score (nSPS) is 22.5. The van der Waals surface area contributed by atoms with E-state index in [2.05, 4.69) is 5.32 Å². The summed E-state index contributed by atoms with van der Waals surface area (Å²) in [6.45, 7) is 6.02. The number of halogens is 1. The number of nitrogens with zero attached hydrogens (tertiary/aromatic N) is 2. The maximum atomic E-state index is 12.5. The molecule has 1 saturated heterocycles. The van der Waals surface area contributed by atoms with Crippen LogP contribution < -0.4 is 5.32 Å². The Bertz CT molecular complexity index is 691. The van der Waals surface area contributed by atoms with Crippen molar-refractivity contribution in [3.05, 3.63) is 28.3 Å². The lowest BCUT2D eigenvalue weighted by Crippen LogP contribution is -2.48. The van der Waals surface area contributed by atoms with Crippen LogP contribution in [0.1, 0.15) is 17.5 Å². The second-order valence-corrected chi connectivity index (χ2v) is 7.25. The Morgan fingerprint density at radius 3 is 2.44 bits per heavy atom. The summed E-state index contributed by atoms with van der Waals surface area (Å²) in [6, 6.07) is 3.77. The summed E-state index contributed by atoms with van der Waals surface area (Å²) in [5, 5.41) is 3.39. The van der Waals surface area contributed by atoms with E-state index in [9.17, 15) is 14.4 Å². The number of aryl methyl sites for hydroxylation is 2. The first kappa shape index (κ1) is 17.7. The van der Waals surface area contributed by atoms with Gasteiger partial charge in [0, 0.05) is 26.2 Å². The van der Waals surface area contributed by atoms with E-state index in [4.69, 9.17) is 11.6 Å². The van der Waals surface area contributed by atoms with Gasteiger partial charge in [0.05, 0.1) is 22.5 Å². The van der Waals surface area contributed by atoms with Crippen molar-refractivity contribution in [3.8, 4) is 0 Å². The number of anilines is 1. The van der Waals surface area contributed by atoms with Crippen LogP contribution in [-0.4, -0.2) is 54.2 Å². The highest BCUT2D eigenvalue weighted by Crippen LogP contribution is 2.41. The molecule has 1 saturated carbocycles. The number of rotatable bonds is 4. The summed E-state index contributed by atoms with van der Waals surface area (Å²) in [5.74, 6) is -0.697. The van der Waals surface area contributed by atoms with Gasteiger partial charge in [-0.2, -0.15) is 0 Å². The summed E-state index contributed by atoms with van der Waals surface area (Å²) in [5.41, 5.74) is 2.57. The summed E-state index contributed by atoms with van der Waals surface area (Å²) in [4.78, 5) is 39.1. The Kier molecular flexibility index (Phi) is 4.99. The van der Waals surface area contributed by atoms with Crippen molar-refractivity contribution in [2.75, 3.05) is 31.5 Å². The number of nitrogens with one attached hydrogen (secondary N) is 1. The molecule has 1 heterocycles. The Morgan fingerprint density at radius 1 is 1.16 bits per heavy atom. The molecule has 1 aromatic rings. The third-order valence-electron chi connectivity index (χ3n) is 4.90. The van der Waals surface area contributed by atoms with Crippen LogP contribution in [0, 0.1) is 25.7 Å². The molecule has 1 aliphatic heterocycles. The highest BCUT2D eigenvalue weighted by molar-refractivity contribution is 6.34. The second-order valence-electron chi connectivity index (χ2n) is 6.84. The molecule has 3 amide bonds. The number of carbonyl (C=O) groups excluding carboxylic acids is 3. The molecule has 0 bridgehead atoms. The number of piperazine rings is 1. The summed E-state index contributed by atoms with van der Waals surface area (Å²) in [6.07, 6.45) is 1.38. The Labute approximate surface area is 152 Å². The van der Waals surface area contributed by atoms with Gasteiger partial charge in [-0.25, -0.2) is 0 Å². The van der Waals surface area contributed by atoms with E-state index in [1.807, 2.05) is 26.0 Å². The SMILES string of the molecule is Cc1cc(C)c(NC(=O)C2CC2C(=O)N2CCN(C=O)CC2)c(Cl)c1. The van der Waals surface area contributed by atoms with Crippen LogP contribution in [0.15, 0.2) is 12.1 Å². The molecule has 25 heavy (non-hydrogen) atoms. The molecule has 2 aliphatic rings. The maximum absolute atomic E-state index is 12.5. The summed E-state index contributed by atoms with van der Waals surface area (Å²) < 4.78 is 0. The lowest BCUT2D eigenvalue weighted by Gasteiger charge is -2.32. The van der Waals surface area contributed by atoms with Gasteiger partial charge in [0.2, 0.25) is 18.2 Å². The fourth-order valence-electron chi connectivity index (χ4n) is 3.33. The molecule has 1 N–H and O–H groups in total. The fraction of sp³-hybridized carbons (Fsp3) is 0.500. The van der Waals surface area contributed by atoms with Gasteiger partial charge in [0.15, 0.2) is 0 Å². The molecule has 0 aromatic heterocycles. The fourth-order valence-corrected chi connectivity index (χ4v) is 3.70. The average molecular weight is 364 g/mol. The quantitative estimate of drug-likeness (QED) is 0.830. The van der Waals surface area contributed by atoms with Gasteiger partial charge in [0.1, 0.15) is 0 Å². The van der Waals surface area contributed by atoms with Gasteiger partial charge in [-0.3, -0.25) is 14.4 Å².